The van der Waals surface area contributed by atoms with Gasteiger partial charge in [-0.3, -0.25) is 19.0 Å². The summed E-state index contributed by atoms with van der Waals surface area (Å²) in [5.74, 6) is 0.339. The molecule has 0 unspecified atom stereocenters. The van der Waals surface area contributed by atoms with Gasteiger partial charge < -0.3 is 10.1 Å². The third-order valence-electron chi connectivity index (χ3n) is 5.16. The molecule has 2 aromatic carbocycles. The van der Waals surface area contributed by atoms with Gasteiger partial charge in [-0.05, 0) is 30.3 Å². The molecule has 0 radical (unpaired) electrons. The minimum absolute atomic E-state index is 0.179. The van der Waals surface area contributed by atoms with Crippen LogP contribution in [0.4, 0.5) is 0 Å². The molecule has 0 atom stereocenters. The zero-order valence-electron chi connectivity index (χ0n) is 18.5. The van der Waals surface area contributed by atoms with Gasteiger partial charge in [0.15, 0.2) is 0 Å². The van der Waals surface area contributed by atoms with Crippen LogP contribution in [0.3, 0.4) is 0 Å². The Morgan fingerprint density at radius 1 is 0.912 bits per heavy atom. The van der Waals surface area contributed by atoms with Gasteiger partial charge in [-0.25, -0.2) is 9.67 Å². The Bertz CT molecular complexity index is 1400. The summed E-state index contributed by atoms with van der Waals surface area (Å²) >= 11 is 0. The number of hydrogen-bond donors (Lipinski definition) is 1. The van der Waals surface area contributed by atoms with Crippen LogP contribution in [0.25, 0.3) is 22.5 Å². The monoisotopic (exact) mass is 457 g/mol. The summed E-state index contributed by atoms with van der Waals surface area (Å²) in [6.45, 7) is 0.214. The van der Waals surface area contributed by atoms with E-state index >= 15 is 0 Å². The summed E-state index contributed by atoms with van der Waals surface area (Å²) in [6, 6.07) is 21.2. The van der Waals surface area contributed by atoms with Crippen molar-refractivity contribution < 1.29 is 9.53 Å². The molecule has 2 heterocycles. The summed E-state index contributed by atoms with van der Waals surface area (Å²) in [5.41, 5.74) is 2.23. The van der Waals surface area contributed by atoms with Crippen molar-refractivity contribution >= 4 is 5.91 Å². The van der Waals surface area contributed by atoms with Gasteiger partial charge in [0, 0.05) is 29.8 Å². The second-order valence-electron chi connectivity index (χ2n) is 7.46. The molecule has 0 aliphatic carbocycles. The highest BCUT2D eigenvalue weighted by Gasteiger charge is 2.08. The van der Waals surface area contributed by atoms with Crippen LogP contribution in [0.5, 0.6) is 5.75 Å². The molecule has 9 nitrogen and oxygen atoms in total. The first-order valence-corrected chi connectivity index (χ1v) is 10.6. The number of ether oxygens (including phenoxy) is 1. The topological polar surface area (TPSA) is 108 Å². The van der Waals surface area contributed by atoms with Gasteiger partial charge in [-0.15, -0.1) is 0 Å². The lowest BCUT2D eigenvalue weighted by Crippen LogP contribution is -2.35. The number of amides is 1. The van der Waals surface area contributed by atoms with Crippen molar-refractivity contribution in [2.75, 3.05) is 13.7 Å². The fraction of sp³-hybridized carbons (Fsp3) is 0.160. The van der Waals surface area contributed by atoms with Gasteiger partial charge in [0.25, 0.3) is 11.1 Å². The standard InChI is InChI=1S/C25H23N5O4/c1-34-20-9-7-19(8-10-20)22-15-25(33)29(17-27-22)16-23(31)26-13-14-30-24(32)12-11-21(28-30)18-5-3-2-4-6-18/h2-12,15,17H,13-14,16H2,1H3,(H,26,31). The molecule has 1 amide bonds. The minimum Gasteiger partial charge on any atom is -0.497 e. The van der Waals surface area contributed by atoms with Gasteiger partial charge in [-0.2, -0.15) is 5.10 Å². The molecule has 0 saturated heterocycles. The number of carbonyl (C=O) groups is 1. The first-order valence-electron chi connectivity index (χ1n) is 10.6. The summed E-state index contributed by atoms with van der Waals surface area (Å²) in [4.78, 5) is 41.2. The molecule has 0 aliphatic rings. The second-order valence-corrected chi connectivity index (χ2v) is 7.46. The zero-order chi connectivity index (χ0) is 23.9. The van der Waals surface area contributed by atoms with Crippen molar-refractivity contribution in [3.05, 3.63) is 99.8 Å². The van der Waals surface area contributed by atoms with E-state index in [0.717, 1.165) is 11.1 Å². The van der Waals surface area contributed by atoms with E-state index < -0.39 is 0 Å². The van der Waals surface area contributed by atoms with E-state index in [-0.39, 0.29) is 36.7 Å². The lowest BCUT2D eigenvalue weighted by molar-refractivity contribution is -0.121. The Balaban J connectivity index is 1.35. The Morgan fingerprint density at radius 2 is 1.65 bits per heavy atom. The molecule has 172 valence electrons. The first-order chi connectivity index (χ1) is 16.5. The average Bonchev–Trinajstić information content (AvgIpc) is 2.87. The number of rotatable bonds is 8. The van der Waals surface area contributed by atoms with E-state index in [9.17, 15) is 14.4 Å². The number of benzene rings is 2. The van der Waals surface area contributed by atoms with E-state index in [4.69, 9.17) is 4.74 Å². The van der Waals surface area contributed by atoms with E-state index in [1.54, 1.807) is 37.4 Å². The van der Waals surface area contributed by atoms with Gasteiger partial charge in [0.2, 0.25) is 5.91 Å². The van der Waals surface area contributed by atoms with Crippen molar-refractivity contribution in [2.45, 2.75) is 13.1 Å². The van der Waals surface area contributed by atoms with E-state index in [1.807, 2.05) is 30.3 Å². The molecule has 0 spiro atoms. The normalized spacial score (nSPS) is 10.6. The molecule has 0 bridgehead atoms. The molecular weight excluding hydrogens is 434 g/mol. The smallest absolute Gasteiger partial charge is 0.266 e. The number of nitrogens with one attached hydrogen (secondary N) is 1. The SMILES string of the molecule is COc1ccc(-c2cc(=O)n(CC(=O)NCCn3nc(-c4ccccc4)ccc3=O)cn2)cc1. The largest absolute Gasteiger partial charge is 0.497 e. The number of carbonyl (C=O) groups excluding carboxylic acids is 1. The second kappa shape index (κ2) is 10.4. The van der Waals surface area contributed by atoms with Crippen molar-refractivity contribution in [1.82, 2.24) is 24.6 Å². The molecule has 9 heteroatoms. The Kier molecular flexibility index (Phi) is 6.92. The van der Waals surface area contributed by atoms with Crippen molar-refractivity contribution in [2.24, 2.45) is 0 Å². The molecule has 4 aromatic rings. The highest BCUT2D eigenvalue weighted by molar-refractivity contribution is 5.75. The predicted molar refractivity (Wildman–Crippen MR) is 127 cm³/mol. The van der Waals surface area contributed by atoms with Crippen LogP contribution >= 0.6 is 0 Å². The van der Waals surface area contributed by atoms with Crippen LogP contribution in [0, 0.1) is 0 Å². The molecular formula is C25H23N5O4. The highest BCUT2D eigenvalue weighted by Crippen LogP contribution is 2.19. The van der Waals surface area contributed by atoms with Gasteiger partial charge in [-0.1, -0.05) is 30.3 Å². The van der Waals surface area contributed by atoms with Crippen LogP contribution in [-0.2, 0) is 17.9 Å². The first kappa shape index (κ1) is 22.7. The number of hydrogen-bond acceptors (Lipinski definition) is 6. The Morgan fingerprint density at radius 3 is 2.35 bits per heavy atom. The fourth-order valence-electron chi connectivity index (χ4n) is 3.35. The summed E-state index contributed by atoms with van der Waals surface area (Å²) in [7, 11) is 1.58. The molecule has 34 heavy (non-hydrogen) atoms. The summed E-state index contributed by atoms with van der Waals surface area (Å²) in [6.07, 6.45) is 1.34. The number of nitrogens with zero attached hydrogens (tertiary/aromatic N) is 4. The summed E-state index contributed by atoms with van der Waals surface area (Å²) < 4.78 is 7.66. The van der Waals surface area contributed by atoms with Gasteiger partial charge in [0.1, 0.15) is 12.3 Å². The summed E-state index contributed by atoms with van der Waals surface area (Å²) in [5, 5.41) is 7.08. The van der Waals surface area contributed by atoms with E-state index in [1.165, 1.54) is 27.7 Å². The predicted octanol–water partition coefficient (Wildman–Crippen LogP) is 1.96. The Labute approximate surface area is 195 Å². The maximum Gasteiger partial charge on any atom is 0.266 e. The highest BCUT2D eigenvalue weighted by atomic mass is 16.5. The van der Waals surface area contributed by atoms with Crippen LogP contribution in [0.15, 0.2) is 88.7 Å². The molecule has 0 saturated carbocycles. The minimum atomic E-state index is -0.367. The number of aromatic nitrogens is 4. The van der Waals surface area contributed by atoms with Crippen molar-refractivity contribution in [1.29, 1.82) is 0 Å². The Hall–Kier alpha value is -4.53. The lowest BCUT2D eigenvalue weighted by atomic mass is 10.1. The average molecular weight is 457 g/mol. The van der Waals surface area contributed by atoms with Crippen molar-refractivity contribution in [3.63, 3.8) is 0 Å². The lowest BCUT2D eigenvalue weighted by Gasteiger charge is -2.10. The maximum absolute atomic E-state index is 12.4. The molecule has 2 aromatic heterocycles. The molecule has 1 N–H and O–H groups in total. The fourth-order valence-corrected chi connectivity index (χ4v) is 3.35. The van der Waals surface area contributed by atoms with Gasteiger partial charge in [0.05, 0.1) is 31.4 Å². The van der Waals surface area contributed by atoms with E-state index in [0.29, 0.717) is 17.1 Å². The van der Waals surface area contributed by atoms with Crippen LogP contribution in [0.1, 0.15) is 0 Å². The van der Waals surface area contributed by atoms with Gasteiger partial charge >= 0.3 is 0 Å². The van der Waals surface area contributed by atoms with E-state index in [2.05, 4.69) is 15.4 Å². The third-order valence-corrected chi connectivity index (χ3v) is 5.16. The molecule has 0 fully saturated rings. The number of methoxy groups -OCH3 is 1. The maximum atomic E-state index is 12.4. The zero-order valence-corrected chi connectivity index (χ0v) is 18.5. The van der Waals surface area contributed by atoms with Crippen molar-refractivity contribution in [3.8, 4) is 28.3 Å². The molecule has 4 rings (SSSR count). The van der Waals surface area contributed by atoms with Crippen LogP contribution in [-0.4, -0.2) is 38.9 Å². The van der Waals surface area contributed by atoms with Crippen LogP contribution < -0.4 is 21.2 Å². The third kappa shape index (κ3) is 5.44. The van der Waals surface area contributed by atoms with Crippen LogP contribution in [0.2, 0.25) is 0 Å². The quantitative estimate of drug-likeness (QED) is 0.433. The molecule has 0 aliphatic heterocycles.